The minimum absolute atomic E-state index is 0.132. The Hall–Kier alpha value is -1.04. The molecule has 1 aromatic rings. The van der Waals surface area contributed by atoms with E-state index in [1.54, 1.807) is 0 Å². The van der Waals surface area contributed by atoms with E-state index in [9.17, 15) is 13.6 Å². The van der Waals surface area contributed by atoms with Crippen LogP contribution in [-0.2, 0) is 11.2 Å². The molecular formula is C9H8BrF2NO2. The molecule has 0 amide bonds. The second-order valence-electron chi connectivity index (χ2n) is 2.97. The highest BCUT2D eigenvalue weighted by Crippen LogP contribution is 2.31. The van der Waals surface area contributed by atoms with Crippen molar-refractivity contribution < 1.29 is 18.7 Å². The molecule has 0 bridgehead atoms. The monoisotopic (exact) mass is 279 g/mol. The van der Waals surface area contributed by atoms with Crippen molar-refractivity contribution in [3.8, 4) is 0 Å². The highest BCUT2D eigenvalue weighted by Gasteiger charge is 2.19. The van der Waals surface area contributed by atoms with Crippen LogP contribution in [-0.4, -0.2) is 16.1 Å². The molecule has 0 atom stereocenters. The van der Waals surface area contributed by atoms with Crippen LogP contribution in [0.5, 0.6) is 0 Å². The summed E-state index contributed by atoms with van der Waals surface area (Å²) in [6.45, 7) is 1.46. The first kappa shape index (κ1) is 12.0. The minimum Gasteiger partial charge on any atom is -0.481 e. The summed E-state index contributed by atoms with van der Waals surface area (Å²) in [5.74, 6) is -1.08. The Morgan fingerprint density at radius 2 is 2.27 bits per heavy atom. The van der Waals surface area contributed by atoms with Gasteiger partial charge in [-0.25, -0.2) is 8.78 Å². The number of carboxylic acids is 1. The predicted molar refractivity (Wildman–Crippen MR) is 53.0 cm³/mol. The van der Waals surface area contributed by atoms with Gasteiger partial charge in [0, 0.05) is 16.4 Å². The van der Waals surface area contributed by atoms with Crippen molar-refractivity contribution in [2.75, 3.05) is 0 Å². The highest BCUT2D eigenvalue weighted by molar-refractivity contribution is 9.10. The van der Waals surface area contributed by atoms with Gasteiger partial charge in [0.1, 0.15) is 0 Å². The number of aliphatic carboxylic acids is 1. The van der Waals surface area contributed by atoms with Crippen LogP contribution >= 0.6 is 15.9 Å². The van der Waals surface area contributed by atoms with E-state index in [0.717, 1.165) is 0 Å². The second-order valence-corrected chi connectivity index (χ2v) is 3.76. The maximum atomic E-state index is 12.6. The second kappa shape index (κ2) is 4.65. The highest BCUT2D eigenvalue weighted by atomic mass is 79.9. The molecule has 1 aromatic heterocycles. The Kier molecular flexibility index (Phi) is 3.73. The zero-order valence-corrected chi connectivity index (χ0v) is 9.38. The number of alkyl halides is 2. The van der Waals surface area contributed by atoms with E-state index in [2.05, 4.69) is 20.9 Å². The molecule has 0 radical (unpaired) electrons. The van der Waals surface area contributed by atoms with Crippen molar-refractivity contribution in [2.24, 2.45) is 0 Å². The SMILES string of the molecule is Cc1ncc(CC(=O)O)c(Br)c1C(F)F. The van der Waals surface area contributed by atoms with Gasteiger partial charge in [-0.15, -0.1) is 0 Å². The van der Waals surface area contributed by atoms with Gasteiger partial charge in [-0.2, -0.15) is 0 Å². The number of hydrogen-bond donors (Lipinski definition) is 1. The van der Waals surface area contributed by atoms with Crippen LogP contribution in [0.15, 0.2) is 10.7 Å². The molecule has 3 nitrogen and oxygen atoms in total. The Morgan fingerprint density at radius 1 is 1.67 bits per heavy atom. The number of carboxylic acid groups (broad SMARTS) is 1. The fourth-order valence-electron chi connectivity index (χ4n) is 1.17. The lowest BCUT2D eigenvalue weighted by atomic mass is 10.1. The lowest BCUT2D eigenvalue weighted by Crippen LogP contribution is -2.05. The molecule has 0 aliphatic heterocycles. The molecule has 82 valence electrons. The third-order valence-corrected chi connectivity index (χ3v) is 2.82. The topological polar surface area (TPSA) is 50.2 Å². The van der Waals surface area contributed by atoms with Gasteiger partial charge in [-0.3, -0.25) is 9.78 Å². The molecule has 1 heterocycles. The number of nitrogens with zero attached hydrogens (tertiary/aromatic N) is 1. The molecule has 6 heteroatoms. The van der Waals surface area contributed by atoms with Crippen molar-refractivity contribution in [1.29, 1.82) is 0 Å². The van der Waals surface area contributed by atoms with Crippen molar-refractivity contribution in [1.82, 2.24) is 4.98 Å². The molecule has 1 N–H and O–H groups in total. The van der Waals surface area contributed by atoms with Gasteiger partial charge >= 0.3 is 5.97 Å². The summed E-state index contributed by atoms with van der Waals surface area (Å²) < 4.78 is 25.3. The first-order chi connectivity index (χ1) is 6.93. The number of halogens is 3. The number of rotatable bonds is 3. The van der Waals surface area contributed by atoms with Crippen LogP contribution in [0, 0.1) is 6.92 Å². The van der Waals surface area contributed by atoms with E-state index in [1.165, 1.54) is 13.1 Å². The van der Waals surface area contributed by atoms with Gasteiger partial charge in [0.05, 0.1) is 12.0 Å². The summed E-state index contributed by atoms with van der Waals surface area (Å²) >= 11 is 2.98. The van der Waals surface area contributed by atoms with E-state index in [-0.39, 0.29) is 27.7 Å². The van der Waals surface area contributed by atoms with E-state index >= 15 is 0 Å². The van der Waals surface area contributed by atoms with Crippen molar-refractivity contribution >= 4 is 21.9 Å². The smallest absolute Gasteiger partial charge is 0.307 e. The first-order valence-corrected chi connectivity index (χ1v) is 4.86. The predicted octanol–water partition coefficient (Wildman–Crippen LogP) is 2.72. The van der Waals surface area contributed by atoms with E-state index < -0.39 is 12.4 Å². The van der Waals surface area contributed by atoms with E-state index in [0.29, 0.717) is 0 Å². The zero-order valence-electron chi connectivity index (χ0n) is 7.80. The first-order valence-electron chi connectivity index (χ1n) is 4.07. The van der Waals surface area contributed by atoms with Gasteiger partial charge in [-0.05, 0) is 28.4 Å². The normalized spacial score (nSPS) is 10.7. The maximum absolute atomic E-state index is 12.6. The summed E-state index contributed by atoms with van der Waals surface area (Å²) in [4.78, 5) is 14.2. The maximum Gasteiger partial charge on any atom is 0.307 e. The van der Waals surface area contributed by atoms with Crippen LogP contribution < -0.4 is 0 Å². The van der Waals surface area contributed by atoms with Crippen molar-refractivity contribution in [3.63, 3.8) is 0 Å². The molecule has 0 saturated carbocycles. The fourth-order valence-corrected chi connectivity index (χ4v) is 1.88. The van der Waals surface area contributed by atoms with Gasteiger partial charge < -0.3 is 5.11 Å². The number of aromatic nitrogens is 1. The largest absolute Gasteiger partial charge is 0.481 e. The molecule has 0 aliphatic carbocycles. The molecule has 1 rings (SSSR count). The third kappa shape index (κ3) is 2.71. The summed E-state index contributed by atoms with van der Waals surface area (Å²) in [5.41, 5.74) is 0.211. The lowest BCUT2D eigenvalue weighted by Gasteiger charge is -2.09. The van der Waals surface area contributed by atoms with Gasteiger partial charge in [0.2, 0.25) is 0 Å². The number of pyridine rings is 1. The summed E-state index contributed by atoms with van der Waals surface area (Å²) in [6, 6.07) is 0. The van der Waals surface area contributed by atoms with Crippen LogP contribution in [0.25, 0.3) is 0 Å². The van der Waals surface area contributed by atoms with Gasteiger partial charge in [0.15, 0.2) is 0 Å². The van der Waals surface area contributed by atoms with Crippen LogP contribution in [0.3, 0.4) is 0 Å². The van der Waals surface area contributed by atoms with Crippen molar-refractivity contribution in [3.05, 3.63) is 27.5 Å². The summed E-state index contributed by atoms with van der Waals surface area (Å²) in [6.07, 6.45) is -1.70. The van der Waals surface area contributed by atoms with Crippen LogP contribution in [0.4, 0.5) is 8.78 Å². The molecule has 0 fully saturated rings. The molecule has 0 aromatic carbocycles. The molecule has 0 unspecified atom stereocenters. The molecule has 0 aliphatic rings. The Morgan fingerprint density at radius 3 is 2.73 bits per heavy atom. The van der Waals surface area contributed by atoms with E-state index in [1.807, 2.05) is 0 Å². The summed E-state index contributed by atoms with van der Waals surface area (Å²) in [7, 11) is 0. The number of carbonyl (C=O) groups is 1. The quantitative estimate of drug-likeness (QED) is 0.926. The standard InChI is InChI=1S/C9H8BrF2NO2/c1-4-7(9(11)12)8(10)5(3-13-4)2-6(14)15/h3,9H,2H2,1H3,(H,14,15). The summed E-state index contributed by atoms with van der Waals surface area (Å²) in [5, 5.41) is 8.55. The fraction of sp³-hybridized carbons (Fsp3) is 0.333. The minimum atomic E-state index is -2.67. The Bertz CT molecular complexity index is 396. The average Bonchev–Trinajstić information content (AvgIpc) is 2.09. The number of hydrogen-bond acceptors (Lipinski definition) is 2. The van der Waals surface area contributed by atoms with Crippen LogP contribution in [0.1, 0.15) is 23.2 Å². The third-order valence-electron chi connectivity index (χ3n) is 1.88. The zero-order chi connectivity index (χ0) is 11.6. The Labute approximate surface area is 93.3 Å². The lowest BCUT2D eigenvalue weighted by molar-refractivity contribution is -0.136. The molecule has 0 spiro atoms. The van der Waals surface area contributed by atoms with Gasteiger partial charge in [0.25, 0.3) is 6.43 Å². The van der Waals surface area contributed by atoms with Gasteiger partial charge in [-0.1, -0.05) is 0 Å². The Balaban J connectivity index is 3.22. The van der Waals surface area contributed by atoms with Crippen LogP contribution in [0.2, 0.25) is 0 Å². The van der Waals surface area contributed by atoms with E-state index in [4.69, 9.17) is 5.11 Å². The molecular weight excluding hydrogens is 272 g/mol. The number of aryl methyl sites for hydroxylation is 1. The average molecular weight is 280 g/mol. The molecule has 0 saturated heterocycles. The van der Waals surface area contributed by atoms with Crippen molar-refractivity contribution in [2.45, 2.75) is 19.8 Å². The molecule has 15 heavy (non-hydrogen) atoms.